The van der Waals surface area contributed by atoms with Crippen molar-refractivity contribution in [2.75, 3.05) is 19.6 Å². The summed E-state index contributed by atoms with van der Waals surface area (Å²) in [6, 6.07) is 2.85. The van der Waals surface area contributed by atoms with E-state index in [1.54, 1.807) is 0 Å². The van der Waals surface area contributed by atoms with Gasteiger partial charge in [0.2, 0.25) is 0 Å². The second kappa shape index (κ2) is 5.31. The highest BCUT2D eigenvalue weighted by atomic mass is 19.1. The number of nitro groups is 1. The van der Waals surface area contributed by atoms with E-state index in [2.05, 4.69) is 5.32 Å². The van der Waals surface area contributed by atoms with Crippen LogP contribution in [0.15, 0.2) is 18.2 Å². The number of piperazine rings is 1. The number of hydrogen-bond acceptors (Lipinski definition) is 4. The first-order valence-electron chi connectivity index (χ1n) is 5.96. The number of amides is 1. The summed E-state index contributed by atoms with van der Waals surface area (Å²) in [4.78, 5) is 24.1. The van der Waals surface area contributed by atoms with Crippen LogP contribution in [0.2, 0.25) is 0 Å². The first-order valence-corrected chi connectivity index (χ1v) is 5.96. The average molecular weight is 267 g/mol. The van der Waals surface area contributed by atoms with Crippen molar-refractivity contribution >= 4 is 11.6 Å². The van der Waals surface area contributed by atoms with Crippen LogP contribution in [-0.4, -0.2) is 41.4 Å². The maximum atomic E-state index is 13.2. The topological polar surface area (TPSA) is 75.5 Å². The molecule has 19 heavy (non-hydrogen) atoms. The molecule has 0 aromatic heterocycles. The number of carbonyl (C=O) groups excluding carboxylic acids is 1. The summed E-state index contributed by atoms with van der Waals surface area (Å²) in [6.07, 6.45) is 0. The van der Waals surface area contributed by atoms with Gasteiger partial charge in [-0.15, -0.1) is 0 Å². The van der Waals surface area contributed by atoms with Crippen molar-refractivity contribution < 1.29 is 14.1 Å². The number of benzene rings is 1. The number of nitrogens with zero attached hydrogens (tertiary/aromatic N) is 2. The Morgan fingerprint density at radius 3 is 2.95 bits per heavy atom. The smallest absolute Gasteiger partial charge is 0.282 e. The molecule has 7 heteroatoms. The highest BCUT2D eigenvalue weighted by Crippen LogP contribution is 2.22. The van der Waals surface area contributed by atoms with Crippen LogP contribution in [-0.2, 0) is 0 Å². The Labute approximate surface area is 109 Å². The van der Waals surface area contributed by atoms with E-state index in [4.69, 9.17) is 0 Å². The second-order valence-electron chi connectivity index (χ2n) is 4.47. The molecule has 1 fully saturated rings. The molecule has 2 rings (SSSR count). The molecule has 1 N–H and O–H groups in total. The summed E-state index contributed by atoms with van der Waals surface area (Å²) < 4.78 is 13.2. The average Bonchev–Trinajstić information content (AvgIpc) is 2.38. The predicted molar refractivity (Wildman–Crippen MR) is 66.4 cm³/mol. The first-order chi connectivity index (χ1) is 9.00. The Balaban J connectivity index is 2.37. The molecule has 102 valence electrons. The van der Waals surface area contributed by atoms with Crippen LogP contribution in [0.4, 0.5) is 10.1 Å². The molecule has 1 atom stereocenters. The third-order valence-corrected chi connectivity index (χ3v) is 3.15. The number of rotatable bonds is 2. The van der Waals surface area contributed by atoms with Crippen LogP contribution < -0.4 is 5.32 Å². The van der Waals surface area contributed by atoms with Crippen molar-refractivity contribution in [1.82, 2.24) is 10.2 Å². The lowest BCUT2D eigenvalue weighted by Gasteiger charge is -2.33. The van der Waals surface area contributed by atoms with Gasteiger partial charge in [-0.05, 0) is 19.1 Å². The molecule has 0 bridgehead atoms. The lowest BCUT2D eigenvalue weighted by Crippen LogP contribution is -2.52. The highest BCUT2D eigenvalue weighted by Gasteiger charge is 2.29. The minimum atomic E-state index is -0.667. The summed E-state index contributed by atoms with van der Waals surface area (Å²) >= 11 is 0. The summed E-state index contributed by atoms with van der Waals surface area (Å²) in [5.41, 5.74) is -0.559. The maximum Gasteiger partial charge on any atom is 0.282 e. The molecule has 1 amide bonds. The van der Waals surface area contributed by atoms with Gasteiger partial charge in [0.15, 0.2) is 0 Å². The molecule has 0 saturated carbocycles. The van der Waals surface area contributed by atoms with Gasteiger partial charge in [-0.1, -0.05) is 0 Å². The largest absolute Gasteiger partial charge is 0.333 e. The Hall–Kier alpha value is -2.02. The number of hydrogen-bond donors (Lipinski definition) is 1. The summed E-state index contributed by atoms with van der Waals surface area (Å²) in [5.74, 6) is -1.16. The number of nitrogens with one attached hydrogen (secondary N) is 1. The lowest BCUT2D eigenvalue weighted by atomic mass is 10.1. The summed E-state index contributed by atoms with van der Waals surface area (Å²) in [7, 11) is 0. The van der Waals surface area contributed by atoms with E-state index in [-0.39, 0.29) is 17.3 Å². The monoisotopic (exact) mass is 267 g/mol. The van der Waals surface area contributed by atoms with E-state index in [0.717, 1.165) is 18.2 Å². The van der Waals surface area contributed by atoms with Gasteiger partial charge < -0.3 is 10.2 Å². The Bertz CT molecular complexity index is 521. The van der Waals surface area contributed by atoms with Gasteiger partial charge in [0.1, 0.15) is 11.4 Å². The zero-order valence-corrected chi connectivity index (χ0v) is 10.4. The molecule has 0 spiro atoms. The molecule has 1 heterocycles. The fourth-order valence-corrected chi connectivity index (χ4v) is 2.14. The highest BCUT2D eigenvalue weighted by molar-refractivity contribution is 5.98. The quantitative estimate of drug-likeness (QED) is 0.644. The molecule has 0 unspecified atom stereocenters. The summed E-state index contributed by atoms with van der Waals surface area (Å²) in [6.45, 7) is 3.54. The molecular formula is C12H14FN3O3. The molecule has 6 nitrogen and oxygen atoms in total. The normalized spacial score (nSPS) is 19.3. The molecule has 1 saturated heterocycles. The van der Waals surface area contributed by atoms with Crippen LogP contribution in [0.3, 0.4) is 0 Å². The van der Waals surface area contributed by atoms with Gasteiger partial charge >= 0.3 is 0 Å². The van der Waals surface area contributed by atoms with E-state index in [1.807, 2.05) is 6.92 Å². The third-order valence-electron chi connectivity index (χ3n) is 3.15. The van der Waals surface area contributed by atoms with Gasteiger partial charge in [0.05, 0.1) is 4.92 Å². The fourth-order valence-electron chi connectivity index (χ4n) is 2.14. The zero-order valence-electron chi connectivity index (χ0n) is 10.4. The lowest BCUT2D eigenvalue weighted by molar-refractivity contribution is -0.385. The van der Waals surface area contributed by atoms with Crippen molar-refractivity contribution in [3.8, 4) is 0 Å². The molecule has 0 radical (unpaired) electrons. The minimum absolute atomic E-state index is 0.0795. The number of carbonyl (C=O) groups is 1. The van der Waals surface area contributed by atoms with Crippen molar-refractivity contribution in [2.24, 2.45) is 0 Å². The predicted octanol–water partition coefficient (Wildman–Crippen LogP) is 1.17. The van der Waals surface area contributed by atoms with E-state index in [0.29, 0.717) is 19.6 Å². The van der Waals surface area contributed by atoms with Crippen molar-refractivity contribution in [1.29, 1.82) is 0 Å². The van der Waals surface area contributed by atoms with Gasteiger partial charge in [0.25, 0.3) is 11.6 Å². The number of nitro benzene ring substituents is 1. The summed E-state index contributed by atoms with van der Waals surface area (Å²) in [5, 5.41) is 14.0. The molecule has 0 aliphatic carbocycles. The SMILES string of the molecule is C[C@@H]1CNCCN1C(=O)c1cc(F)ccc1[N+](=O)[O-]. The Kier molecular flexibility index (Phi) is 3.75. The third kappa shape index (κ3) is 2.70. The molecule has 1 aliphatic heterocycles. The van der Waals surface area contributed by atoms with Crippen molar-refractivity contribution in [3.63, 3.8) is 0 Å². The zero-order chi connectivity index (χ0) is 14.0. The van der Waals surface area contributed by atoms with Crippen LogP contribution in [0.5, 0.6) is 0 Å². The van der Waals surface area contributed by atoms with Gasteiger partial charge in [0, 0.05) is 31.7 Å². The molecule has 1 aromatic carbocycles. The van der Waals surface area contributed by atoms with E-state index < -0.39 is 16.6 Å². The fraction of sp³-hybridized carbons (Fsp3) is 0.417. The van der Waals surface area contributed by atoms with Gasteiger partial charge in [-0.25, -0.2) is 4.39 Å². The van der Waals surface area contributed by atoms with E-state index >= 15 is 0 Å². The molecule has 1 aliphatic rings. The maximum absolute atomic E-state index is 13.2. The standard InChI is InChI=1S/C12H14FN3O3/c1-8-7-14-4-5-15(8)12(17)10-6-9(13)2-3-11(10)16(18)19/h2-3,6,8,14H,4-5,7H2,1H3/t8-/m1/s1. The van der Waals surface area contributed by atoms with Gasteiger partial charge in [-0.2, -0.15) is 0 Å². The Morgan fingerprint density at radius 1 is 1.58 bits per heavy atom. The molecular weight excluding hydrogens is 253 g/mol. The minimum Gasteiger partial charge on any atom is -0.333 e. The molecule has 1 aromatic rings. The van der Waals surface area contributed by atoms with Crippen LogP contribution in [0.1, 0.15) is 17.3 Å². The first kappa shape index (κ1) is 13.4. The van der Waals surface area contributed by atoms with Crippen LogP contribution in [0.25, 0.3) is 0 Å². The second-order valence-corrected chi connectivity index (χ2v) is 4.47. The Morgan fingerprint density at radius 2 is 2.32 bits per heavy atom. The van der Waals surface area contributed by atoms with Gasteiger partial charge in [-0.3, -0.25) is 14.9 Å². The van der Waals surface area contributed by atoms with Crippen LogP contribution >= 0.6 is 0 Å². The van der Waals surface area contributed by atoms with Crippen molar-refractivity contribution in [2.45, 2.75) is 13.0 Å². The van der Waals surface area contributed by atoms with Crippen LogP contribution in [0, 0.1) is 15.9 Å². The van der Waals surface area contributed by atoms with E-state index in [9.17, 15) is 19.3 Å². The van der Waals surface area contributed by atoms with Crippen molar-refractivity contribution in [3.05, 3.63) is 39.7 Å². The number of halogens is 1. The van der Waals surface area contributed by atoms with E-state index in [1.165, 1.54) is 4.90 Å².